The fourth-order valence-corrected chi connectivity index (χ4v) is 2.92. The Morgan fingerprint density at radius 3 is 2.48 bits per heavy atom. The second kappa shape index (κ2) is 10.5. The van der Waals surface area contributed by atoms with Crippen LogP contribution in [0.4, 0.5) is 5.69 Å². The molecule has 160 valence electrons. The quantitative estimate of drug-likeness (QED) is 0.287. The Balaban J connectivity index is 1.62. The Hall–Kier alpha value is -3.51. The van der Waals surface area contributed by atoms with Gasteiger partial charge in [0.25, 0.3) is 0 Å². The van der Waals surface area contributed by atoms with Gasteiger partial charge in [-0.3, -0.25) is 5.43 Å². The van der Waals surface area contributed by atoms with Gasteiger partial charge in [-0.05, 0) is 66.1 Å². The zero-order valence-corrected chi connectivity index (χ0v) is 18.3. The molecule has 3 rings (SSSR count). The normalized spacial score (nSPS) is 10.7. The van der Waals surface area contributed by atoms with Crippen LogP contribution in [0.15, 0.2) is 65.8 Å². The van der Waals surface area contributed by atoms with Crippen LogP contribution in [0.25, 0.3) is 0 Å². The molecular weight excluding hydrogens is 416 g/mol. The highest BCUT2D eigenvalue weighted by Crippen LogP contribution is 2.28. The average molecular weight is 439 g/mol. The summed E-state index contributed by atoms with van der Waals surface area (Å²) in [5.74, 6) is 0.829. The summed E-state index contributed by atoms with van der Waals surface area (Å²) in [6.07, 6.45) is 1.69. The van der Waals surface area contributed by atoms with Gasteiger partial charge >= 0.3 is 5.97 Å². The van der Waals surface area contributed by atoms with Crippen LogP contribution in [0.3, 0.4) is 0 Å². The number of hydrogen-bond acceptors (Lipinski definition) is 6. The highest BCUT2D eigenvalue weighted by atomic mass is 35.5. The molecule has 0 heterocycles. The minimum absolute atomic E-state index is 0.334. The fraction of sp³-hybridized carbons (Fsp3) is 0.167. The van der Waals surface area contributed by atoms with Gasteiger partial charge in [-0.1, -0.05) is 29.8 Å². The molecular formula is C24H23ClN2O4. The number of nitrogens with one attached hydrogen (secondary N) is 1. The first-order valence-electron chi connectivity index (χ1n) is 9.53. The first-order chi connectivity index (χ1) is 15.0. The number of esters is 1. The highest BCUT2D eigenvalue weighted by molar-refractivity contribution is 6.31. The number of hydrazone groups is 1. The minimum atomic E-state index is -0.369. The Bertz CT molecular complexity index is 1080. The number of carbonyl (C=O) groups is 1. The molecule has 0 fully saturated rings. The van der Waals surface area contributed by atoms with Gasteiger partial charge in [-0.2, -0.15) is 5.10 Å². The van der Waals surface area contributed by atoms with E-state index in [0.717, 1.165) is 22.4 Å². The number of hydrogen-bond donors (Lipinski definition) is 1. The van der Waals surface area contributed by atoms with E-state index in [-0.39, 0.29) is 5.97 Å². The summed E-state index contributed by atoms with van der Waals surface area (Å²) < 4.78 is 16.0. The van der Waals surface area contributed by atoms with Gasteiger partial charge in [-0.15, -0.1) is 0 Å². The second-order valence-corrected chi connectivity index (χ2v) is 7.13. The smallest absolute Gasteiger partial charge is 0.337 e. The second-order valence-electron chi connectivity index (χ2n) is 6.72. The maximum absolute atomic E-state index is 11.5. The highest BCUT2D eigenvalue weighted by Gasteiger charge is 2.08. The van der Waals surface area contributed by atoms with Crippen molar-refractivity contribution in [1.29, 1.82) is 0 Å². The van der Waals surface area contributed by atoms with E-state index in [9.17, 15) is 4.79 Å². The summed E-state index contributed by atoms with van der Waals surface area (Å²) in [5, 5.41) is 4.93. The van der Waals surface area contributed by atoms with E-state index >= 15 is 0 Å². The molecule has 0 aliphatic heterocycles. The molecule has 3 aromatic rings. The molecule has 0 spiro atoms. The van der Waals surface area contributed by atoms with Crippen LogP contribution in [0.5, 0.6) is 11.5 Å². The monoisotopic (exact) mass is 438 g/mol. The molecule has 0 saturated carbocycles. The fourth-order valence-electron chi connectivity index (χ4n) is 2.74. The minimum Gasteiger partial charge on any atom is -0.493 e. The Labute approximate surface area is 186 Å². The molecule has 0 bridgehead atoms. The van der Waals surface area contributed by atoms with Crippen molar-refractivity contribution >= 4 is 29.5 Å². The van der Waals surface area contributed by atoms with Gasteiger partial charge in [0.15, 0.2) is 11.5 Å². The van der Waals surface area contributed by atoms with Crippen molar-refractivity contribution in [3.05, 3.63) is 87.9 Å². The molecule has 0 aliphatic rings. The van der Waals surface area contributed by atoms with Crippen molar-refractivity contribution in [1.82, 2.24) is 0 Å². The summed E-state index contributed by atoms with van der Waals surface area (Å²) in [4.78, 5) is 11.5. The summed E-state index contributed by atoms with van der Waals surface area (Å²) in [6, 6.07) is 18.3. The van der Waals surface area contributed by atoms with Gasteiger partial charge in [0.1, 0.15) is 6.61 Å². The van der Waals surface area contributed by atoms with Crippen LogP contribution in [0.1, 0.15) is 27.0 Å². The summed E-state index contributed by atoms with van der Waals surface area (Å²) in [5.41, 5.74) is 7.03. The number of aryl methyl sites for hydroxylation is 1. The van der Waals surface area contributed by atoms with Crippen molar-refractivity contribution < 1.29 is 19.0 Å². The van der Waals surface area contributed by atoms with Crippen LogP contribution >= 0.6 is 11.6 Å². The van der Waals surface area contributed by atoms with E-state index in [1.165, 1.54) is 7.11 Å². The third-order valence-electron chi connectivity index (χ3n) is 4.54. The van der Waals surface area contributed by atoms with E-state index in [1.54, 1.807) is 25.5 Å². The lowest BCUT2D eigenvalue weighted by molar-refractivity contribution is 0.0600. The predicted molar refractivity (Wildman–Crippen MR) is 123 cm³/mol. The average Bonchev–Trinajstić information content (AvgIpc) is 2.80. The third kappa shape index (κ3) is 5.99. The first kappa shape index (κ1) is 22.2. The Kier molecular flexibility index (Phi) is 7.51. The summed E-state index contributed by atoms with van der Waals surface area (Å²) >= 11 is 6.13. The van der Waals surface area contributed by atoms with E-state index in [0.29, 0.717) is 28.7 Å². The lowest BCUT2D eigenvalue weighted by atomic mass is 10.1. The molecule has 31 heavy (non-hydrogen) atoms. The number of anilines is 1. The van der Waals surface area contributed by atoms with Crippen LogP contribution < -0.4 is 14.9 Å². The zero-order valence-electron chi connectivity index (χ0n) is 17.5. The largest absolute Gasteiger partial charge is 0.493 e. The number of benzene rings is 3. The van der Waals surface area contributed by atoms with E-state index in [4.69, 9.17) is 25.8 Å². The molecule has 6 nitrogen and oxygen atoms in total. The summed E-state index contributed by atoms with van der Waals surface area (Å²) in [6.45, 7) is 2.28. The number of halogens is 1. The molecule has 0 aromatic heterocycles. The first-order valence-corrected chi connectivity index (χ1v) is 9.91. The van der Waals surface area contributed by atoms with E-state index in [1.807, 2.05) is 55.5 Å². The van der Waals surface area contributed by atoms with Gasteiger partial charge in [-0.25, -0.2) is 4.79 Å². The lowest BCUT2D eigenvalue weighted by Gasteiger charge is -2.11. The Morgan fingerprint density at radius 1 is 1.03 bits per heavy atom. The number of rotatable bonds is 8. The van der Waals surface area contributed by atoms with Gasteiger partial charge in [0, 0.05) is 5.02 Å². The molecule has 7 heteroatoms. The maximum Gasteiger partial charge on any atom is 0.337 e. The van der Waals surface area contributed by atoms with Gasteiger partial charge < -0.3 is 14.2 Å². The molecule has 0 atom stereocenters. The molecule has 0 saturated heterocycles. The van der Waals surface area contributed by atoms with Gasteiger partial charge in [0.05, 0.1) is 31.7 Å². The van der Waals surface area contributed by atoms with Crippen LogP contribution in [0, 0.1) is 6.92 Å². The van der Waals surface area contributed by atoms with Crippen molar-refractivity contribution in [2.24, 2.45) is 5.10 Å². The van der Waals surface area contributed by atoms with Crippen molar-refractivity contribution in [3.8, 4) is 11.5 Å². The van der Waals surface area contributed by atoms with Gasteiger partial charge in [0.2, 0.25) is 0 Å². The topological polar surface area (TPSA) is 69.2 Å². The van der Waals surface area contributed by atoms with Crippen LogP contribution in [0.2, 0.25) is 5.02 Å². The molecule has 3 aromatic carbocycles. The zero-order chi connectivity index (χ0) is 22.2. The number of methoxy groups -OCH3 is 2. The van der Waals surface area contributed by atoms with E-state index < -0.39 is 0 Å². The number of carbonyl (C=O) groups excluding carboxylic acids is 1. The number of nitrogens with zero attached hydrogens (tertiary/aromatic N) is 1. The standard InChI is InChI=1S/C24H23ClN2O4/c1-16-4-10-20(13-21(16)25)27-26-14-18-7-11-22(23(12-18)29-2)31-15-17-5-8-19(9-6-17)24(28)30-3/h4-14,27H,15H2,1-3H3/b26-14-. The molecule has 0 aliphatic carbocycles. The van der Waals surface area contributed by atoms with E-state index in [2.05, 4.69) is 10.5 Å². The van der Waals surface area contributed by atoms with Crippen molar-refractivity contribution in [3.63, 3.8) is 0 Å². The lowest BCUT2D eigenvalue weighted by Crippen LogP contribution is -2.02. The Morgan fingerprint density at radius 2 is 1.81 bits per heavy atom. The predicted octanol–water partition coefficient (Wildman–Crippen LogP) is 5.47. The molecule has 1 N–H and O–H groups in total. The summed E-state index contributed by atoms with van der Waals surface area (Å²) in [7, 11) is 2.94. The van der Waals surface area contributed by atoms with Crippen LogP contribution in [-0.4, -0.2) is 26.4 Å². The van der Waals surface area contributed by atoms with Crippen molar-refractivity contribution in [2.45, 2.75) is 13.5 Å². The molecule has 0 unspecified atom stereocenters. The maximum atomic E-state index is 11.5. The van der Waals surface area contributed by atoms with Crippen molar-refractivity contribution in [2.75, 3.05) is 19.6 Å². The molecule has 0 radical (unpaired) electrons. The SMILES string of the molecule is COC(=O)c1ccc(COc2ccc(/C=N\Nc3ccc(C)c(Cl)c3)cc2OC)cc1. The third-order valence-corrected chi connectivity index (χ3v) is 4.94. The van der Waals surface area contributed by atoms with Crippen LogP contribution in [-0.2, 0) is 11.3 Å². The number of ether oxygens (including phenoxy) is 3. The molecule has 0 amide bonds.